The highest BCUT2D eigenvalue weighted by Gasteiger charge is 2.20. The normalized spacial score (nSPS) is 19.0. The molecule has 1 saturated heterocycles. The highest BCUT2D eigenvalue weighted by Crippen LogP contribution is 2.18. The molecule has 1 fully saturated rings. The van der Waals surface area contributed by atoms with Crippen LogP contribution in [0.2, 0.25) is 0 Å². The molecule has 7 nitrogen and oxygen atoms in total. The van der Waals surface area contributed by atoms with Crippen molar-refractivity contribution in [1.29, 1.82) is 0 Å². The number of nitrogens with zero attached hydrogens (tertiary/aromatic N) is 2. The number of nitrogens with one attached hydrogen (secondary N) is 2. The number of hydrogen-bond acceptors (Lipinski definition) is 6. The van der Waals surface area contributed by atoms with Crippen LogP contribution in [0, 0.1) is 0 Å². The summed E-state index contributed by atoms with van der Waals surface area (Å²) in [5, 5.41) is 5.93. The monoisotopic (exact) mass is 280 g/mol. The number of methoxy groups -OCH3 is 2. The zero-order valence-corrected chi connectivity index (χ0v) is 11.8. The fourth-order valence-electron chi connectivity index (χ4n) is 2.12. The van der Waals surface area contributed by atoms with Gasteiger partial charge in [0.25, 0.3) is 0 Å². The Morgan fingerprint density at radius 3 is 2.60 bits per heavy atom. The molecule has 1 aromatic rings. The molecule has 1 atom stereocenters. The van der Waals surface area contributed by atoms with Crippen molar-refractivity contribution in [3.8, 4) is 11.8 Å². The highest BCUT2D eigenvalue weighted by atomic mass is 16.5. The van der Waals surface area contributed by atoms with E-state index in [0.717, 1.165) is 32.2 Å². The van der Waals surface area contributed by atoms with Crippen LogP contribution in [0.25, 0.3) is 0 Å². The Hall–Kier alpha value is -1.89. The Morgan fingerprint density at radius 2 is 1.95 bits per heavy atom. The number of amides is 1. The minimum Gasteiger partial charge on any atom is -0.481 e. The van der Waals surface area contributed by atoms with Gasteiger partial charge < -0.3 is 14.8 Å². The average molecular weight is 280 g/mol. The van der Waals surface area contributed by atoms with Gasteiger partial charge in [0.2, 0.25) is 23.6 Å². The van der Waals surface area contributed by atoms with Crippen LogP contribution in [0.1, 0.15) is 25.7 Å². The van der Waals surface area contributed by atoms with E-state index in [0.29, 0.717) is 11.8 Å². The van der Waals surface area contributed by atoms with Gasteiger partial charge in [-0.15, -0.1) is 0 Å². The second-order valence-corrected chi connectivity index (χ2v) is 4.62. The first kappa shape index (κ1) is 14.5. The largest absolute Gasteiger partial charge is 0.481 e. The molecule has 0 aliphatic carbocycles. The third-order valence-corrected chi connectivity index (χ3v) is 3.21. The second-order valence-electron chi connectivity index (χ2n) is 4.62. The first-order chi connectivity index (χ1) is 9.72. The number of hydrogen-bond donors (Lipinski definition) is 2. The van der Waals surface area contributed by atoms with Gasteiger partial charge in [-0.3, -0.25) is 10.1 Å². The van der Waals surface area contributed by atoms with Crippen LogP contribution in [-0.2, 0) is 4.79 Å². The molecule has 110 valence electrons. The molecule has 1 unspecified atom stereocenters. The van der Waals surface area contributed by atoms with E-state index in [2.05, 4.69) is 20.6 Å². The molecule has 0 aromatic carbocycles. The Kier molecular flexibility index (Phi) is 5.11. The van der Waals surface area contributed by atoms with Crippen LogP contribution in [0.5, 0.6) is 11.8 Å². The molecule has 0 bridgehead atoms. The molecule has 7 heteroatoms. The standard InChI is InChI=1S/C13H20N4O3/c1-19-10-8-11(20-2)16-13(15-10)17-12(18)9-6-4-3-5-7-14-9/h8-9,14H,3-7H2,1-2H3,(H,15,16,17,18). The van der Waals surface area contributed by atoms with Crippen molar-refractivity contribution < 1.29 is 14.3 Å². The molecular weight excluding hydrogens is 260 g/mol. The zero-order valence-electron chi connectivity index (χ0n) is 11.8. The van der Waals surface area contributed by atoms with E-state index in [1.54, 1.807) is 6.07 Å². The van der Waals surface area contributed by atoms with Crippen molar-refractivity contribution in [2.24, 2.45) is 0 Å². The maximum absolute atomic E-state index is 12.2. The summed E-state index contributed by atoms with van der Waals surface area (Å²) in [4.78, 5) is 20.4. The molecule has 20 heavy (non-hydrogen) atoms. The maximum Gasteiger partial charge on any atom is 0.243 e. The molecular formula is C13H20N4O3. The van der Waals surface area contributed by atoms with Crippen molar-refractivity contribution in [3.63, 3.8) is 0 Å². The van der Waals surface area contributed by atoms with Crippen LogP contribution >= 0.6 is 0 Å². The van der Waals surface area contributed by atoms with Gasteiger partial charge in [-0.2, -0.15) is 9.97 Å². The number of carbonyl (C=O) groups excluding carboxylic acids is 1. The van der Waals surface area contributed by atoms with Gasteiger partial charge in [-0.05, 0) is 19.4 Å². The Balaban J connectivity index is 2.06. The minimum atomic E-state index is -0.196. The zero-order chi connectivity index (χ0) is 14.4. The fraction of sp³-hybridized carbons (Fsp3) is 0.615. The fourth-order valence-corrected chi connectivity index (χ4v) is 2.12. The van der Waals surface area contributed by atoms with Crippen molar-refractivity contribution >= 4 is 11.9 Å². The lowest BCUT2D eigenvalue weighted by Crippen LogP contribution is -2.40. The van der Waals surface area contributed by atoms with E-state index in [9.17, 15) is 4.79 Å². The lowest BCUT2D eigenvalue weighted by atomic mass is 10.1. The van der Waals surface area contributed by atoms with E-state index in [-0.39, 0.29) is 17.9 Å². The summed E-state index contributed by atoms with van der Waals surface area (Å²) in [5.74, 6) is 0.765. The molecule has 1 aliphatic heterocycles. The molecule has 0 radical (unpaired) electrons. The van der Waals surface area contributed by atoms with Gasteiger partial charge in [0.1, 0.15) is 0 Å². The van der Waals surface area contributed by atoms with Gasteiger partial charge in [-0.25, -0.2) is 0 Å². The minimum absolute atomic E-state index is 0.123. The molecule has 1 amide bonds. The van der Waals surface area contributed by atoms with Gasteiger partial charge in [0, 0.05) is 0 Å². The number of carbonyl (C=O) groups is 1. The Labute approximate surface area is 118 Å². The van der Waals surface area contributed by atoms with Crippen molar-refractivity contribution in [3.05, 3.63) is 6.07 Å². The first-order valence-corrected chi connectivity index (χ1v) is 6.74. The van der Waals surface area contributed by atoms with Gasteiger partial charge in [0.15, 0.2) is 0 Å². The maximum atomic E-state index is 12.2. The van der Waals surface area contributed by atoms with Gasteiger partial charge in [-0.1, -0.05) is 12.8 Å². The summed E-state index contributed by atoms with van der Waals surface area (Å²) in [5.41, 5.74) is 0. The topological polar surface area (TPSA) is 85.4 Å². The number of aromatic nitrogens is 2. The Morgan fingerprint density at radius 1 is 1.25 bits per heavy atom. The Bertz CT molecular complexity index is 437. The molecule has 2 rings (SSSR count). The van der Waals surface area contributed by atoms with Crippen LogP contribution in [0.3, 0.4) is 0 Å². The summed E-state index contributed by atoms with van der Waals surface area (Å²) < 4.78 is 10.1. The van der Waals surface area contributed by atoms with Crippen LogP contribution in [-0.4, -0.2) is 42.7 Å². The third-order valence-electron chi connectivity index (χ3n) is 3.21. The number of anilines is 1. The predicted molar refractivity (Wildman–Crippen MR) is 74.0 cm³/mol. The van der Waals surface area contributed by atoms with E-state index in [4.69, 9.17) is 9.47 Å². The van der Waals surface area contributed by atoms with E-state index in [1.165, 1.54) is 14.2 Å². The molecule has 2 N–H and O–H groups in total. The molecule has 0 saturated carbocycles. The summed E-state index contributed by atoms with van der Waals surface area (Å²) in [6.45, 7) is 0.861. The SMILES string of the molecule is COc1cc(OC)nc(NC(=O)C2CCCCCN2)n1. The molecule has 1 aromatic heterocycles. The lowest BCUT2D eigenvalue weighted by molar-refractivity contribution is -0.118. The van der Waals surface area contributed by atoms with Crippen LogP contribution in [0.15, 0.2) is 6.07 Å². The van der Waals surface area contributed by atoms with E-state index < -0.39 is 0 Å². The van der Waals surface area contributed by atoms with E-state index in [1.807, 2.05) is 0 Å². The van der Waals surface area contributed by atoms with E-state index >= 15 is 0 Å². The quantitative estimate of drug-likeness (QED) is 0.854. The number of ether oxygens (including phenoxy) is 2. The van der Waals surface area contributed by atoms with Gasteiger partial charge >= 0.3 is 0 Å². The van der Waals surface area contributed by atoms with Gasteiger partial charge in [0.05, 0.1) is 26.3 Å². The first-order valence-electron chi connectivity index (χ1n) is 6.74. The summed E-state index contributed by atoms with van der Waals surface area (Å²) in [6, 6.07) is 1.36. The van der Waals surface area contributed by atoms with Crippen LogP contribution < -0.4 is 20.1 Å². The second kappa shape index (κ2) is 7.04. The number of rotatable bonds is 4. The van der Waals surface area contributed by atoms with Crippen molar-refractivity contribution in [2.45, 2.75) is 31.7 Å². The average Bonchev–Trinajstić information content (AvgIpc) is 2.75. The highest BCUT2D eigenvalue weighted by molar-refractivity contribution is 5.93. The van der Waals surface area contributed by atoms with Crippen LogP contribution in [0.4, 0.5) is 5.95 Å². The molecule has 1 aliphatic rings. The smallest absolute Gasteiger partial charge is 0.243 e. The third kappa shape index (κ3) is 3.80. The summed E-state index contributed by atoms with van der Waals surface area (Å²) >= 11 is 0. The van der Waals surface area contributed by atoms with Crippen molar-refractivity contribution in [1.82, 2.24) is 15.3 Å². The lowest BCUT2D eigenvalue weighted by Gasteiger charge is -2.15. The summed E-state index contributed by atoms with van der Waals surface area (Å²) in [6.07, 6.45) is 4.13. The van der Waals surface area contributed by atoms with Crippen molar-refractivity contribution in [2.75, 3.05) is 26.1 Å². The predicted octanol–water partition coefficient (Wildman–Crippen LogP) is 0.964. The molecule has 0 spiro atoms. The summed E-state index contributed by atoms with van der Waals surface area (Å²) in [7, 11) is 3.00. The molecule has 2 heterocycles.